The summed E-state index contributed by atoms with van der Waals surface area (Å²) in [4.78, 5) is 11.9. The van der Waals surface area contributed by atoms with Crippen LogP contribution >= 0.6 is 0 Å². The highest BCUT2D eigenvalue weighted by molar-refractivity contribution is 5.97. The third kappa shape index (κ3) is 3.47. The minimum atomic E-state index is -0.185. The molecule has 5 nitrogen and oxygen atoms in total. The van der Waals surface area contributed by atoms with Crippen LogP contribution in [0.15, 0.2) is 18.2 Å². The number of amidine groups is 1. The number of rotatable bonds is 3. The largest absolute Gasteiger partial charge is 0.384 e. The number of nitrogen functional groups attached to an aromatic ring is 1. The number of hydrogen-bond donors (Lipinski definition) is 4. The summed E-state index contributed by atoms with van der Waals surface area (Å²) in [7, 11) is 0. The number of nitrogens with one attached hydrogen (secondary N) is 3. The van der Waals surface area contributed by atoms with Crippen molar-refractivity contribution in [2.75, 3.05) is 5.32 Å². The Labute approximate surface area is 113 Å². The number of benzene rings is 1. The minimum Gasteiger partial charge on any atom is -0.384 e. The Bertz CT molecular complexity index is 492. The summed E-state index contributed by atoms with van der Waals surface area (Å²) < 4.78 is 0. The number of urea groups is 1. The molecule has 0 saturated heterocycles. The van der Waals surface area contributed by atoms with E-state index in [4.69, 9.17) is 11.1 Å². The van der Waals surface area contributed by atoms with Crippen molar-refractivity contribution < 1.29 is 4.79 Å². The van der Waals surface area contributed by atoms with Crippen molar-refractivity contribution in [1.82, 2.24) is 5.32 Å². The van der Waals surface area contributed by atoms with Gasteiger partial charge in [0, 0.05) is 17.3 Å². The molecule has 1 aliphatic carbocycles. The van der Waals surface area contributed by atoms with E-state index in [1.807, 2.05) is 13.0 Å². The summed E-state index contributed by atoms with van der Waals surface area (Å²) in [6, 6.07) is 5.46. The van der Waals surface area contributed by atoms with Gasteiger partial charge in [0.05, 0.1) is 0 Å². The Hall–Kier alpha value is -2.04. The summed E-state index contributed by atoms with van der Waals surface area (Å²) in [6.45, 7) is 1.91. The molecule has 1 saturated carbocycles. The van der Waals surface area contributed by atoms with Crippen LogP contribution in [-0.2, 0) is 0 Å². The maximum absolute atomic E-state index is 11.9. The van der Waals surface area contributed by atoms with Crippen LogP contribution in [0.2, 0.25) is 0 Å². The van der Waals surface area contributed by atoms with Gasteiger partial charge in [-0.25, -0.2) is 4.79 Å². The summed E-state index contributed by atoms with van der Waals surface area (Å²) >= 11 is 0. The van der Waals surface area contributed by atoms with Crippen LogP contribution in [-0.4, -0.2) is 17.9 Å². The molecule has 0 unspecified atom stereocenters. The molecule has 1 aliphatic rings. The molecule has 2 rings (SSSR count). The number of hydrogen-bond acceptors (Lipinski definition) is 2. The van der Waals surface area contributed by atoms with Crippen LogP contribution in [0.1, 0.15) is 36.8 Å². The van der Waals surface area contributed by atoms with E-state index in [0.29, 0.717) is 11.3 Å². The standard InChI is InChI=1S/C14H20N4O/c1-9-6-7-10(13(15)16)8-12(9)18-14(19)17-11-4-2-3-5-11/h6-8,11H,2-5H2,1H3,(H3,15,16)(H2,17,18,19). The average molecular weight is 260 g/mol. The Morgan fingerprint density at radius 1 is 1.37 bits per heavy atom. The monoisotopic (exact) mass is 260 g/mol. The number of carbonyl (C=O) groups is 1. The first-order valence-electron chi connectivity index (χ1n) is 6.59. The Balaban J connectivity index is 2.02. The van der Waals surface area contributed by atoms with Crippen molar-refractivity contribution in [2.24, 2.45) is 5.73 Å². The zero-order chi connectivity index (χ0) is 13.8. The van der Waals surface area contributed by atoms with E-state index in [-0.39, 0.29) is 17.9 Å². The van der Waals surface area contributed by atoms with Gasteiger partial charge in [0.1, 0.15) is 5.84 Å². The molecule has 0 bridgehead atoms. The van der Waals surface area contributed by atoms with E-state index >= 15 is 0 Å². The van der Waals surface area contributed by atoms with Gasteiger partial charge < -0.3 is 16.4 Å². The van der Waals surface area contributed by atoms with E-state index in [2.05, 4.69) is 10.6 Å². The van der Waals surface area contributed by atoms with Gasteiger partial charge in [-0.15, -0.1) is 0 Å². The van der Waals surface area contributed by atoms with Gasteiger partial charge >= 0.3 is 6.03 Å². The third-order valence-electron chi connectivity index (χ3n) is 3.49. The lowest BCUT2D eigenvalue weighted by molar-refractivity contribution is 0.248. The van der Waals surface area contributed by atoms with Crippen molar-refractivity contribution in [2.45, 2.75) is 38.6 Å². The summed E-state index contributed by atoms with van der Waals surface area (Å²) in [6.07, 6.45) is 4.48. The number of nitrogens with two attached hydrogens (primary N) is 1. The normalized spacial score (nSPS) is 15.2. The van der Waals surface area contributed by atoms with Crippen LogP contribution in [0.3, 0.4) is 0 Å². The van der Waals surface area contributed by atoms with Crippen molar-refractivity contribution in [3.63, 3.8) is 0 Å². The summed E-state index contributed by atoms with van der Waals surface area (Å²) in [5.41, 5.74) is 7.71. The van der Waals surface area contributed by atoms with Crippen molar-refractivity contribution in [3.8, 4) is 0 Å². The highest BCUT2D eigenvalue weighted by Gasteiger charge is 2.17. The fourth-order valence-corrected chi connectivity index (χ4v) is 2.34. The predicted octanol–water partition coefficient (Wildman–Crippen LogP) is 2.34. The zero-order valence-corrected chi connectivity index (χ0v) is 11.1. The van der Waals surface area contributed by atoms with Crippen LogP contribution in [0.25, 0.3) is 0 Å². The third-order valence-corrected chi connectivity index (χ3v) is 3.49. The van der Waals surface area contributed by atoms with Gasteiger partial charge in [-0.1, -0.05) is 25.0 Å². The van der Waals surface area contributed by atoms with E-state index < -0.39 is 0 Å². The van der Waals surface area contributed by atoms with E-state index in [0.717, 1.165) is 18.4 Å². The fraction of sp³-hybridized carbons (Fsp3) is 0.429. The number of carbonyl (C=O) groups excluding carboxylic acids is 1. The number of aryl methyl sites for hydroxylation is 1. The molecule has 0 aliphatic heterocycles. The van der Waals surface area contributed by atoms with Gasteiger partial charge in [-0.3, -0.25) is 5.41 Å². The lowest BCUT2D eigenvalue weighted by Crippen LogP contribution is -2.36. The Morgan fingerprint density at radius 2 is 2.05 bits per heavy atom. The molecular formula is C14H20N4O. The number of anilines is 1. The minimum absolute atomic E-state index is 0.000693. The topological polar surface area (TPSA) is 91.0 Å². The smallest absolute Gasteiger partial charge is 0.319 e. The molecule has 1 aromatic rings. The van der Waals surface area contributed by atoms with E-state index in [1.165, 1.54) is 12.8 Å². The summed E-state index contributed by atoms with van der Waals surface area (Å²) in [5, 5.41) is 13.2. The highest BCUT2D eigenvalue weighted by Crippen LogP contribution is 2.19. The van der Waals surface area contributed by atoms with Crippen LogP contribution < -0.4 is 16.4 Å². The van der Waals surface area contributed by atoms with E-state index in [9.17, 15) is 4.79 Å². The molecule has 0 aromatic heterocycles. The maximum atomic E-state index is 11.9. The molecule has 1 fully saturated rings. The van der Waals surface area contributed by atoms with Crippen LogP contribution in [0.5, 0.6) is 0 Å². The fourth-order valence-electron chi connectivity index (χ4n) is 2.34. The van der Waals surface area contributed by atoms with Crippen LogP contribution in [0.4, 0.5) is 10.5 Å². The molecule has 5 N–H and O–H groups in total. The molecule has 5 heteroatoms. The van der Waals surface area contributed by atoms with E-state index in [1.54, 1.807) is 12.1 Å². The predicted molar refractivity (Wildman–Crippen MR) is 76.6 cm³/mol. The molecule has 0 radical (unpaired) electrons. The second-order valence-electron chi connectivity index (χ2n) is 5.02. The van der Waals surface area contributed by atoms with Gasteiger partial charge in [0.25, 0.3) is 0 Å². The first-order chi connectivity index (χ1) is 9.06. The highest BCUT2D eigenvalue weighted by atomic mass is 16.2. The van der Waals surface area contributed by atoms with Crippen molar-refractivity contribution >= 4 is 17.6 Å². The molecule has 2 amide bonds. The van der Waals surface area contributed by atoms with Gasteiger partial charge in [0.15, 0.2) is 0 Å². The SMILES string of the molecule is Cc1ccc(C(=N)N)cc1NC(=O)NC1CCCC1. The van der Waals surface area contributed by atoms with Gasteiger partial charge in [-0.05, 0) is 31.4 Å². The van der Waals surface area contributed by atoms with Gasteiger partial charge in [0.2, 0.25) is 0 Å². The average Bonchev–Trinajstić information content (AvgIpc) is 2.84. The molecule has 1 aromatic carbocycles. The first-order valence-corrected chi connectivity index (χ1v) is 6.59. The molecule has 0 heterocycles. The maximum Gasteiger partial charge on any atom is 0.319 e. The van der Waals surface area contributed by atoms with Crippen LogP contribution in [0, 0.1) is 12.3 Å². The lowest BCUT2D eigenvalue weighted by atomic mass is 10.1. The second-order valence-corrected chi connectivity index (χ2v) is 5.02. The Morgan fingerprint density at radius 3 is 2.68 bits per heavy atom. The molecule has 0 spiro atoms. The lowest BCUT2D eigenvalue weighted by Gasteiger charge is -2.14. The van der Waals surface area contributed by atoms with Gasteiger partial charge in [-0.2, -0.15) is 0 Å². The number of amides is 2. The second kappa shape index (κ2) is 5.73. The molecule has 0 atom stereocenters. The molecule has 102 valence electrons. The zero-order valence-electron chi connectivity index (χ0n) is 11.1. The quantitative estimate of drug-likeness (QED) is 0.496. The molecule has 19 heavy (non-hydrogen) atoms. The van der Waals surface area contributed by atoms with Crippen molar-refractivity contribution in [1.29, 1.82) is 5.41 Å². The Kier molecular flexibility index (Phi) is 4.04. The molecular weight excluding hydrogens is 240 g/mol. The summed E-state index contributed by atoms with van der Waals surface area (Å²) in [5.74, 6) is -0.000693. The first kappa shape index (κ1) is 13.4. The van der Waals surface area contributed by atoms with Crippen molar-refractivity contribution in [3.05, 3.63) is 29.3 Å².